The van der Waals surface area contributed by atoms with Crippen molar-refractivity contribution in [3.63, 3.8) is 0 Å². The van der Waals surface area contributed by atoms with Crippen LogP contribution in [-0.2, 0) is 0 Å². The molecule has 0 saturated heterocycles. The zero-order chi connectivity index (χ0) is 17.0. The largest absolute Gasteiger partial charge is 0.490 e. The van der Waals surface area contributed by atoms with Gasteiger partial charge < -0.3 is 4.74 Å². The molecule has 0 spiro atoms. The summed E-state index contributed by atoms with van der Waals surface area (Å²) in [5, 5.41) is 4.76. The lowest BCUT2D eigenvalue weighted by atomic mass is 10.2. The second-order valence-electron chi connectivity index (χ2n) is 5.22. The SMILES string of the molecule is CC(=O)c1sc(N/N=C\c2ccc(OC(C)C)c(Br)c2)nc1C. The second kappa shape index (κ2) is 7.70. The lowest BCUT2D eigenvalue weighted by Gasteiger charge is -2.11. The van der Waals surface area contributed by atoms with Gasteiger partial charge in [0.05, 0.1) is 27.4 Å². The fourth-order valence-corrected chi connectivity index (χ4v) is 3.18. The lowest BCUT2D eigenvalue weighted by Crippen LogP contribution is -2.06. The van der Waals surface area contributed by atoms with Crippen LogP contribution in [0.4, 0.5) is 5.13 Å². The molecule has 0 aliphatic carbocycles. The van der Waals surface area contributed by atoms with Gasteiger partial charge in [-0.2, -0.15) is 5.10 Å². The van der Waals surface area contributed by atoms with E-state index in [1.54, 1.807) is 6.21 Å². The monoisotopic (exact) mass is 395 g/mol. The van der Waals surface area contributed by atoms with Gasteiger partial charge in [-0.3, -0.25) is 10.2 Å². The van der Waals surface area contributed by atoms with E-state index in [4.69, 9.17) is 4.74 Å². The summed E-state index contributed by atoms with van der Waals surface area (Å²) in [5.74, 6) is 0.813. The fraction of sp³-hybridized carbons (Fsp3) is 0.312. The number of ketones is 1. The minimum atomic E-state index is 0.0155. The van der Waals surface area contributed by atoms with E-state index in [0.717, 1.165) is 21.5 Å². The molecule has 0 aliphatic rings. The van der Waals surface area contributed by atoms with Crippen molar-refractivity contribution in [1.82, 2.24) is 4.98 Å². The molecule has 23 heavy (non-hydrogen) atoms. The smallest absolute Gasteiger partial charge is 0.204 e. The number of carbonyl (C=O) groups excluding carboxylic acids is 1. The molecule has 0 saturated carbocycles. The fourth-order valence-electron chi connectivity index (χ4n) is 1.88. The standard InChI is InChI=1S/C16H18BrN3O2S/c1-9(2)22-14-6-5-12(7-13(14)17)8-18-20-16-19-10(3)15(23-16)11(4)21/h5-9H,1-4H3,(H,19,20)/b18-8-. The van der Waals surface area contributed by atoms with Crippen LogP contribution in [0.3, 0.4) is 0 Å². The number of hydrogen-bond donors (Lipinski definition) is 1. The number of ether oxygens (including phenoxy) is 1. The summed E-state index contributed by atoms with van der Waals surface area (Å²) in [6.07, 6.45) is 1.81. The number of hydrogen-bond acceptors (Lipinski definition) is 6. The molecule has 0 radical (unpaired) electrons. The maximum absolute atomic E-state index is 11.4. The first-order chi connectivity index (χ1) is 10.9. The summed E-state index contributed by atoms with van der Waals surface area (Å²) in [7, 11) is 0. The second-order valence-corrected chi connectivity index (χ2v) is 7.07. The Labute approximate surface area is 147 Å². The third kappa shape index (κ3) is 4.87. The molecule has 2 aromatic rings. The maximum Gasteiger partial charge on any atom is 0.204 e. The average Bonchev–Trinajstić information content (AvgIpc) is 2.82. The number of carbonyl (C=O) groups is 1. The molecule has 0 amide bonds. The van der Waals surface area contributed by atoms with Crippen molar-refractivity contribution >= 4 is 44.4 Å². The first-order valence-corrected chi connectivity index (χ1v) is 8.71. The summed E-state index contributed by atoms with van der Waals surface area (Å²) in [6, 6.07) is 5.74. The molecule has 2 rings (SSSR count). The molecule has 0 bridgehead atoms. The van der Waals surface area contributed by atoms with E-state index in [1.807, 2.05) is 39.0 Å². The molecule has 5 nitrogen and oxygen atoms in total. The van der Waals surface area contributed by atoms with Crippen LogP contribution in [0.1, 0.15) is 41.7 Å². The molecule has 1 aromatic heterocycles. The van der Waals surface area contributed by atoms with Crippen LogP contribution in [0, 0.1) is 6.92 Å². The molecule has 1 aromatic carbocycles. The Kier molecular flexibility index (Phi) is 5.90. The van der Waals surface area contributed by atoms with Gasteiger partial charge in [-0.25, -0.2) is 4.98 Å². The normalized spacial score (nSPS) is 11.2. The lowest BCUT2D eigenvalue weighted by molar-refractivity contribution is 0.102. The minimum Gasteiger partial charge on any atom is -0.490 e. The third-order valence-electron chi connectivity index (χ3n) is 2.81. The molecule has 0 unspecified atom stereocenters. The Morgan fingerprint density at radius 2 is 2.22 bits per heavy atom. The Hall–Kier alpha value is -1.73. The van der Waals surface area contributed by atoms with E-state index < -0.39 is 0 Å². The molecule has 122 valence electrons. The van der Waals surface area contributed by atoms with Gasteiger partial charge in [0, 0.05) is 6.92 Å². The van der Waals surface area contributed by atoms with Gasteiger partial charge in [-0.15, -0.1) is 0 Å². The van der Waals surface area contributed by atoms with Gasteiger partial charge in [-0.05, 0) is 60.5 Å². The highest BCUT2D eigenvalue weighted by Gasteiger charge is 2.10. The zero-order valence-corrected chi connectivity index (χ0v) is 15.8. The molecular formula is C16H18BrN3O2S. The van der Waals surface area contributed by atoms with Crippen LogP contribution in [0.15, 0.2) is 27.8 Å². The highest BCUT2D eigenvalue weighted by molar-refractivity contribution is 9.10. The maximum atomic E-state index is 11.4. The average molecular weight is 396 g/mol. The summed E-state index contributed by atoms with van der Waals surface area (Å²) in [5.41, 5.74) is 4.49. The number of aromatic nitrogens is 1. The van der Waals surface area contributed by atoms with Gasteiger partial charge >= 0.3 is 0 Å². The van der Waals surface area contributed by atoms with Gasteiger partial charge in [0.15, 0.2) is 5.78 Å². The summed E-state index contributed by atoms with van der Waals surface area (Å²) < 4.78 is 6.54. The molecule has 0 fully saturated rings. The van der Waals surface area contributed by atoms with E-state index in [1.165, 1.54) is 18.3 Å². The first-order valence-electron chi connectivity index (χ1n) is 7.10. The van der Waals surface area contributed by atoms with E-state index in [2.05, 4.69) is 31.4 Å². The van der Waals surface area contributed by atoms with Crippen LogP contribution in [0.25, 0.3) is 0 Å². The molecule has 7 heteroatoms. The van der Waals surface area contributed by atoms with Gasteiger partial charge in [0.25, 0.3) is 0 Å². The number of halogens is 1. The van der Waals surface area contributed by atoms with Crippen molar-refractivity contribution < 1.29 is 9.53 Å². The van der Waals surface area contributed by atoms with E-state index in [-0.39, 0.29) is 11.9 Å². The number of anilines is 1. The number of nitrogens with zero attached hydrogens (tertiary/aromatic N) is 2. The number of rotatable bonds is 6. The van der Waals surface area contributed by atoms with Gasteiger partial charge in [0.2, 0.25) is 5.13 Å². The quantitative estimate of drug-likeness (QED) is 0.439. The van der Waals surface area contributed by atoms with Gasteiger partial charge in [0.1, 0.15) is 5.75 Å². The van der Waals surface area contributed by atoms with Crippen molar-refractivity contribution in [1.29, 1.82) is 0 Å². The number of aryl methyl sites for hydroxylation is 1. The summed E-state index contributed by atoms with van der Waals surface area (Å²) in [4.78, 5) is 16.3. The number of nitrogens with one attached hydrogen (secondary N) is 1. The number of benzene rings is 1. The topological polar surface area (TPSA) is 63.6 Å². The number of Topliss-reactive ketones (excluding diaryl/α,β-unsaturated/α-hetero) is 1. The zero-order valence-electron chi connectivity index (χ0n) is 13.4. The van der Waals surface area contributed by atoms with Crippen LogP contribution < -0.4 is 10.2 Å². The van der Waals surface area contributed by atoms with E-state index in [9.17, 15) is 4.79 Å². The van der Waals surface area contributed by atoms with Crippen molar-refractivity contribution in [2.45, 2.75) is 33.8 Å². The predicted octanol–water partition coefficient (Wildman–Crippen LogP) is 4.65. The number of thiazole rings is 1. The Morgan fingerprint density at radius 1 is 1.48 bits per heavy atom. The van der Waals surface area contributed by atoms with Crippen LogP contribution in [-0.4, -0.2) is 23.1 Å². The van der Waals surface area contributed by atoms with E-state index in [0.29, 0.717) is 10.0 Å². The third-order valence-corrected chi connectivity index (χ3v) is 4.59. The summed E-state index contributed by atoms with van der Waals surface area (Å²) in [6.45, 7) is 7.31. The summed E-state index contributed by atoms with van der Waals surface area (Å²) >= 11 is 4.79. The molecule has 0 aliphatic heterocycles. The highest BCUT2D eigenvalue weighted by atomic mass is 79.9. The van der Waals surface area contributed by atoms with Crippen LogP contribution in [0.5, 0.6) is 5.75 Å². The Bertz CT molecular complexity index is 741. The van der Waals surface area contributed by atoms with Crippen molar-refractivity contribution in [2.75, 3.05) is 5.43 Å². The highest BCUT2D eigenvalue weighted by Crippen LogP contribution is 2.26. The molecule has 1 N–H and O–H groups in total. The Balaban J connectivity index is 2.04. The molecule has 1 heterocycles. The van der Waals surface area contributed by atoms with Gasteiger partial charge in [-0.1, -0.05) is 11.3 Å². The van der Waals surface area contributed by atoms with Crippen LogP contribution in [0.2, 0.25) is 0 Å². The molecule has 0 atom stereocenters. The van der Waals surface area contributed by atoms with Crippen LogP contribution >= 0.6 is 27.3 Å². The van der Waals surface area contributed by atoms with Crippen molar-refractivity contribution in [2.24, 2.45) is 5.10 Å². The van der Waals surface area contributed by atoms with E-state index >= 15 is 0 Å². The van der Waals surface area contributed by atoms with Crippen molar-refractivity contribution in [3.05, 3.63) is 38.8 Å². The predicted molar refractivity (Wildman–Crippen MR) is 98.0 cm³/mol. The first kappa shape index (κ1) is 17.6. The van der Waals surface area contributed by atoms with Crippen molar-refractivity contribution in [3.8, 4) is 5.75 Å². The molecular weight excluding hydrogens is 378 g/mol. The Morgan fingerprint density at radius 3 is 2.78 bits per heavy atom. The number of hydrazone groups is 1. The minimum absolute atomic E-state index is 0.0155.